The standard InChI is InChI=1S/C9H7F3O.C7H12F2.C5H5F5O/c1-6-2-4-7(5-3-6)13-9(12)8(10)11;1-3-4-5-7(9)6(2)8;1-2-5(9,10)11-4(8)3(6)7/h2-5H,1H3;3-5H2,1-2H3;2H2,1H3/b;7-6-;. The van der Waals surface area contributed by atoms with Gasteiger partial charge in [0.25, 0.3) is 0 Å². The van der Waals surface area contributed by atoms with Crippen molar-refractivity contribution in [2.45, 2.75) is 59.5 Å². The predicted octanol–water partition coefficient (Wildman–Crippen LogP) is 9.80. The Morgan fingerprint density at radius 3 is 1.67 bits per heavy atom. The minimum Gasteiger partial charge on any atom is -0.428 e. The Morgan fingerprint density at radius 1 is 0.818 bits per heavy atom. The molecule has 0 aliphatic carbocycles. The molecule has 0 fully saturated rings. The van der Waals surface area contributed by atoms with Gasteiger partial charge in [-0.25, -0.2) is 8.78 Å². The molecule has 1 aromatic carbocycles. The van der Waals surface area contributed by atoms with Crippen molar-refractivity contribution in [2.75, 3.05) is 0 Å². The smallest absolute Gasteiger partial charge is 0.399 e. The molecular weight excluding hydrogens is 474 g/mol. The number of unbranched alkanes of at least 4 members (excludes halogenated alkanes) is 1. The molecule has 0 saturated heterocycles. The van der Waals surface area contributed by atoms with Crippen molar-refractivity contribution in [3.8, 4) is 5.75 Å². The first kappa shape index (κ1) is 32.5. The largest absolute Gasteiger partial charge is 0.428 e. The van der Waals surface area contributed by atoms with E-state index in [4.69, 9.17) is 0 Å². The Balaban J connectivity index is 0. The molecule has 0 radical (unpaired) electrons. The van der Waals surface area contributed by atoms with E-state index in [0.717, 1.165) is 32.3 Å². The summed E-state index contributed by atoms with van der Waals surface area (Å²) in [6, 6.07) is 1.72. The highest BCUT2D eigenvalue weighted by Crippen LogP contribution is 2.25. The van der Waals surface area contributed by atoms with Crippen molar-refractivity contribution in [3.63, 3.8) is 0 Å². The van der Waals surface area contributed by atoms with Crippen LogP contribution in [0.2, 0.25) is 0 Å². The van der Waals surface area contributed by atoms with Crippen LogP contribution in [-0.2, 0) is 4.74 Å². The third-order valence-corrected chi connectivity index (χ3v) is 3.30. The fourth-order valence-electron chi connectivity index (χ4n) is 1.49. The lowest BCUT2D eigenvalue weighted by atomic mass is 10.2. The van der Waals surface area contributed by atoms with Crippen LogP contribution in [0.5, 0.6) is 5.75 Å². The van der Waals surface area contributed by atoms with Crippen LogP contribution in [0.3, 0.4) is 0 Å². The molecule has 1 rings (SSSR count). The number of ether oxygens (including phenoxy) is 2. The third-order valence-electron chi connectivity index (χ3n) is 3.30. The Bertz CT molecular complexity index is 775. The van der Waals surface area contributed by atoms with E-state index in [-0.39, 0.29) is 12.2 Å². The van der Waals surface area contributed by atoms with E-state index in [2.05, 4.69) is 9.47 Å². The van der Waals surface area contributed by atoms with Crippen LogP contribution in [0.1, 0.15) is 52.0 Å². The number of hydrogen-bond acceptors (Lipinski definition) is 2. The summed E-state index contributed by atoms with van der Waals surface area (Å²) in [5, 5.41) is 0. The molecule has 0 atom stereocenters. The lowest BCUT2D eigenvalue weighted by molar-refractivity contribution is -0.229. The highest BCUT2D eigenvalue weighted by Gasteiger charge is 2.31. The number of allylic oxidation sites excluding steroid dienone is 2. The molecule has 0 aromatic heterocycles. The zero-order valence-corrected chi connectivity index (χ0v) is 18.2. The first-order valence-corrected chi connectivity index (χ1v) is 9.40. The Labute approximate surface area is 185 Å². The van der Waals surface area contributed by atoms with E-state index in [1.165, 1.54) is 12.1 Å². The molecule has 1 aromatic rings. The molecule has 190 valence electrons. The number of halogens is 10. The van der Waals surface area contributed by atoms with Crippen molar-refractivity contribution in [2.24, 2.45) is 0 Å². The number of rotatable bonds is 8. The van der Waals surface area contributed by atoms with Crippen molar-refractivity contribution >= 4 is 0 Å². The average Bonchev–Trinajstić information content (AvgIpc) is 2.74. The molecule has 12 heteroatoms. The minimum atomic E-state index is -3.87. The molecule has 0 aliphatic rings. The molecule has 33 heavy (non-hydrogen) atoms. The summed E-state index contributed by atoms with van der Waals surface area (Å²) < 4.78 is 124. The maximum absolute atomic E-state index is 12.2. The molecule has 0 saturated carbocycles. The highest BCUT2D eigenvalue weighted by molar-refractivity contribution is 5.27. The van der Waals surface area contributed by atoms with Gasteiger partial charge in [0.2, 0.25) is 0 Å². The van der Waals surface area contributed by atoms with Gasteiger partial charge in [0.05, 0.1) is 0 Å². The molecule has 0 aliphatic heterocycles. The van der Waals surface area contributed by atoms with Crippen molar-refractivity contribution in [3.05, 3.63) is 65.7 Å². The molecule has 0 heterocycles. The summed E-state index contributed by atoms with van der Waals surface area (Å²) in [5.41, 5.74) is 0.942. The van der Waals surface area contributed by atoms with Gasteiger partial charge >= 0.3 is 30.3 Å². The van der Waals surface area contributed by atoms with Crippen LogP contribution in [0.4, 0.5) is 43.9 Å². The van der Waals surface area contributed by atoms with Gasteiger partial charge in [-0.1, -0.05) is 38.0 Å². The molecule has 0 spiro atoms. The van der Waals surface area contributed by atoms with E-state index >= 15 is 0 Å². The average molecular weight is 498 g/mol. The second-order valence-corrected chi connectivity index (χ2v) is 6.12. The van der Waals surface area contributed by atoms with E-state index in [1.807, 2.05) is 13.8 Å². The maximum atomic E-state index is 12.2. The minimum absolute atomic E-state index is 0.0518. The SMILES string of the molecule is CCC(F)(F)OC(F)=C(F)F.CCCC/C(F)=C(\C)F.Cc1ccc(OC(F)=C(F)F)cc1. The summed E-state index contributed by atoms with van der Waals surface area (Å²) >= 11 is 0. The van der Waals surface area contributed by atoms with Crippen molar-refractivity contribution in [1.29, 1.82) is 0 Å². The van der Waals surface area contributed by atoms with Gasteiger partial charge in [0.15, 0.2) is 0 Å². The first-order valence-electron chi connectivity index (χ1n) is 9.40. The van der Waals surface area contributed by atoms with E-state index in [0.29, 0.717) is 0 Å². The third kappa shape index (κ3) is 17.6. The second kappa shape index (κ2) is 16.9. The van der Waals surface area contributed by atoms with E-state index < -0.39 is 48.4 Å². The highest BCUT2D eigenvalue weighted by atomic mass is 19.3. The fraction of sp³-hybridized carbons (Fsp3) is 0.429. The van der Waals surface area contributed by atoms with Crippen molar-refractivity contribution < 1.29 is 53.4 Å². The van der Waals surface area contributed by atoms with Gasteiger partial charge in [0.1, 0.15) is 17.4 Å². The fourth-order valence-corrected chi connectivity index (χ4v) is 1.49. The van der Waals surface area contributed by atoms with E-state index in [1.54, 1.807) is 12.1 Å². The summed E-state index contributed by atoms with van der Waals surface area (Å²) in [6.45, 7) is 5.89. The Kier molecular flexibility index (Phi) is 16.7. The van der Waals surface area contributed by atoms with Crippen LogP contribution in [0.15, 0.2) is 60.1 Å². The lowest BCUT2D eigenvalue weighted by Crippen LogP contribution is -2.17. The van der Waals surface area contributed by atoms with Gasteiger partial charge in [-0.05, 0) is 32.4 Å². The number of hydrogen-bond donors (Lipinski definition) is 0. The van der Waals surface area contributed by atoms with Crippen LogP contribution < -0.4 is 4.74 Å². The summed E-state index contributed by atoms with van der Waals surface area (Å²) in [4.78, 5) is 0. The summed E-state index contributed by atoms with van der Waals surface area (Å²) in [6.07, 6.45) is -8.20. The second-order valence-electron chi connectivity index (χ2n) is 6.12. The lowest BCUT2D eigenvalue weighted by Gasteiger charge is -2.12. The molecular formula is C21H24F10O2. The van der Waals surface area contributed by atoms with Crippen molar-refractivity contribution in [1.82, 2.24) is 0 Å². The van der Waals surface area contributed by atoms with Crippen LogP contribution >= 0.6 is 0 Å². The van der Waals surface area contributed by atoms with E-state index in [9.17, 15) is 43.9 Å². The molecule has 2 nitrogen and oxygen atoms in total. The quantitative estimate of drug-likeness (QED) is 0.262. The monoisotopic (exact) mass is 498 g/mol. The van der Waals surface area contributed by atoms with Crippen LogP contribution in [0.25, 0.3) is 0 Å². The van der Waals surface area contributed by atoms with Gasteiger partial charge in [0, 0.05) is 12.8 Å². The number of aryl methyl sites for hydroxylation is 1. The zero-order chi connectivity index (χ0) is 26.2. The van der Waals surface area contributed by atoms with Crippen LogP contribution in [-0.4, -0.2) is 6.11 Å². The summed E-state index contributed by atoms with van der Waals surface area (Å²) in [7, 11) is 0. The normalized spacial score (nSPS) is 11.1. The topological polar surface area (TPSA) is 18.5 Å². The van der Waals surface area contributed by atoms with Gasteiger partial charge in [-0.15, -0.1) is 0 Å². The number of alkyl halides is 2. The van der Waals surface area contributed by atoms with Gasteiger partial charge in [-0.3, -0.25) is 0 Å². The molecule has 0 amide bonds. The molecule has 0 bridgehead atoms. The molecule has 0 N–H and O–H groups in total. The van der Waals surface area contributed by atoms with Gasteiger partial charge in [-0.2, -0.15) is 35.1 Å². The Hall–Kier alpha value is -2.66. The number of benzene rings is 1. The first-order chi connectivity index (χ1) is 15.2. The van der Waals surface area contributed by atoms with Crippen LogP contribution in [0, 0.1) is 6.92 Å². The molecule has 0 unspecified atom stereocenters. The van der Waals surface area contributed by atoms with Gasteiger partial charge < -0.3 is 9.47 Å². The Morgan fingerprint density at radius 2 is 1.30 bits per heavy atom. The predicted molar refractivity (Wildman–Crippen MR) is 103 cm³/mol. The maximum Gasteiger partial charge on any atom is 0.399 e. The summed E-state index contributed by atoms with van der Waals surface area (Å²) in [5.74, 6) is -1.23. The zero-order valence-electron chi connectivity index (χ0n) is 18.2.